The minimum Gasteiger partial charge on any atom is -0.461 e. The summed E-state index contributed by atoms with van der Waals surface area (Å²) in [5.74, 6) is 0.284. The van der Waals surface area contributed by atoms with Crippen molar-refractivity contribution in [3.63, 3.8) is 0 Å². The molecule has 31 heavy (non-hydrogen) atoms. The maximum absolute atomic E-state index is 13.3. The van der Waals surface area contributed by atoms with Crippen LogP contribution in [0.25, 0.3) is 0 Å². The number of ether oxygens (including phenoxy) is 1. The molecule has 2 amide bonds. The Morgan fingerprint density at radius 2 is 1.84 bits per heavy atom. The van der Waals surface area contributed by atoms with Gasteiger partial charge in [-0.2, -0.15) is 0 Å². The summed E-state index contributed by atoms with van der Waals surface area (Å²) in [5, 5.41) is 0. The van der Waals surface area contributed by atoms with Crippen LogP contribution in [0.2, 0.25) is 0 Å². The summed E-state index contributed by atoms with van der Waals surface area (Å²) in [6.07, 6.45) is 4.06. The highest BCUT2D eigenvalue weighted by Gasteiger charge is 2.44. The van der Waals surface area contributed by atoms with E-state index in [2.05, 4.69) is 6.92 Å². The Morgan fingerprint density at radius 1 is 1.10 bits per heavy atom. The SMILES string of the molecule is Cc1ccc(SN2C(=O)N(Cc3ccccc3)CC2C(=O)OC2CCCC(C)C2)cc1. The van der Waals surface area contributed by atoms with Gasteiger partial charge in [0, 0.05) is 11.4 Å². The number of aryl methyl sites for hydroxylation is 1. The third kappa shape index (κ3) is 5.42. The first kappa shape index (κ1) is 21.8. The molecule has 5 nitrogen and oxygen atoms in total. The maximum atomic E-state index is 13.3. The summed E-state index contributed by atoms with van der Waals surface area (Å²) in [4.78, 5) is 29.1. The molecule has 1 saturated carbocycles. The lowest BCUT2D eigenvalue weighted by molar-refractivity contribution is -0.154. The number of carbonyl (C=O) groups excluding carboxylic acids is 2. The van der Waals surface area contributed by atoms with Crippen LogP contribution in [-0.4, -0.2) is 39.9 Å². The fourth-order valence-corrected chi connectivity index (χ4v) is 5.24. The second-order valence-corrected chi connectivity index (χ2v) is 9.77. The molecule has 0 N–H and O–H groups in total. The second kappa shape index (κ2) is 9.77. The number of nitrogens with zero attached hydrogens (tertiary/aromatic N) is 2. The van der Waals surface area contributed by atoms with Gasteiger partial charge in [0.05, 0.1) is 6.54 Å². The Kier molecular flexibility index (Phi) is 6.86. The van der Waals surface area contributed by atoms with E-state index in [1.807, 2.05) is 61.5 Å². The molecule has 1 saturated heterocycles. The average Bonchev–Trinajstić information content (AvgIpc) is 3.06. The van der Waals surface area contributed by atoms with E-state index in [4.69, 9.17) is 4.74 Å². The largest absolute Gasteiger partial charge is 0.461 e. The molecule has 3 atom stereocenters. The summed E-state index contributed by atoms with van der Waals surface area (Å²) in [5.41, 5.74) is 2.21. The highest BCUT2D eigenvalue weighted by atomic mass is 32.2. The molecular formula is C25H30N2O3S. The molecule has 1 heterocycles. The number of carbonyl (C=O) groups is 2. The molecule has 1 aliphatic heterocycles. The molecule has 0 bridgehead atoms. The first-order valence-electron chi connectivity index (χ1n) is 11.1. The van der Waals surface area contributed by atoms with Gasteiger partial charge >= 0.3 is 12.0 Å². The zero-order valence-corrected chi connectivity index (χ0v) is 19.0. The van der Waals surface area contributed by atoms with E-state index in [-0.39, 0.29) is 18.1 Å². The minimum atomic E-state index is -0.611. The summed E-state index contributed by atoms with van der Waals surface area (Å²) in [7, 11) is 0. The lowest BCUT2D eigenvalue weighted by Gasteiger charge is -2.28. The Balaban J connectivity index is 1.51. The van der Waals surface area contributed by atoms with Crippen LogP contribution in [0.3, 0.4) is 0 Å². The van der Waals surface area contributed by atoms with Gasteiger partial charge in [0.15, 0.2) is 6.04 Å². The van der Waals surface area contributed by atoms with Crippen molar-refractivity contribution in [2.24, 2.45) is 5.92 Å². The van der Waals surface area contributed by atoms with E-state index in [9.17, 15) is 9.59 Å². The van der Waals surface area contributed by atoms with E-state index < -0.39 is 6.04 Å². The third-order valence-electron chi connectivity index (χ3n) is 6.02. The van der Waals surface area contributed by atoms with Crippen molar-refractivity contribution in [3.05, 3.63) is 65.7 Å². The zero-order valence-electron chi connectivity index (χ0n) is 18.2. The molecule has 1 aliphatic carbocycles. The van der Waals surface area contributed by atoms with Crippen LogP contribution >= 0.6 is 11.9 Å². The molecule has 2 aromatic carbocycles. The Labute approximate surface area is 188 Å². The van der Waals surface area contributed by atoms with Crippen LogP contribution < -0.4 is 0 Å². The van der Waals surface area contributed by atoms with Gasteiger partial charge in [0.2, 0.25) is 0 Å². The summed E-state index contributed by atoms with van der Waals surface area (Å²) in [6, 6.07) is 17.1. The Bertz CT molecular complexity index is 903. The van der Waals surface area contributed by atoms with E-state index in [0.29, 0.717) is 19.0 Å². The van der Waals surface area contributed by atoms with Crippen molar-refractivity contribution < 1.29 is 14.3 Å². The predicted octanol–water partition coefficient (Wildman–Crippen LogP) is 5.43. The topological polar surface area (TPSA) is 49.9 Å². The molecule has 0 spiro atoms. The minimum absolute atomic E-state index is 0.0410. The van der Waals surface area contributed by atoms with E-state index in [0.717, 1.165) is 35.3 Å². The summed E-state index contributed by atoms with van der Waals surface area (Å²) < 4.78 is 7.51. The van der Waals surface area contributed by atoms with Crippen molar-refractivity contribution in [2.45, 2.75) is 63.1 Å². The van der Waals surface area contributed by atoms with Crippen molar-refractivity contribution in [1.29, 1.82) is 0 Å². The molecule has 6 heteroatoms. The molecular weight excluding hydrogens is 408 g/mol. The number of rotatable bonds is 6. The number of urea groups is 1. The first-order valence-corrected chi connectivity index (χ1v) is 11.8. The number of hydrogen-bond acceptors (Lipinski definition) is 4. The fourth-order valence-electron chi connectivity index (χ4n) is 4.28. The monoisotopic (exact) mass is 438 g/mol. The van der Waals surface area contributed by atoms with Gasteiger partial charge in [-0.15, -0.1) is 0 Å². The molecule has 2 aromatic rings. The Hall–Kier alpha value is -2.47. The third-order valence-corrected chi connectivity index (χ3v) is 7.11. The highest BCUT2D eigenvalue weighted by molar-refractivity contribution is 7.97. The van der Waals surface area contributed by atoms with Gasteiger partial charge in [0.25, 0.3) is 0 Å². The van der Waals surface area contributed by atoms with Crippen LogP contribution in [0.4, 0.5) is 4.79 Å². The summed E-state index contributed by atoms with van der Waals surface area (Å²) >= 11 is 1.32. The van der Waals surface area contributed by atoms with Gasteiger partial charge in [-0.1, -0.05) is 61.4 Å². The van der Waals surface area contributed by atoms with E-state index in [1.54, 1.807) is 9.21 Å². The smallest absolute Gasteiger partial charge is 0.332 e. The molecule has 0 radical (unpaired) electrons. The van der Waals surface area contributed by atoms with E-state index >= 15 is 0 Å². The molecule has 3 unspecified atom stereocenters. The molecule has 4 rings (SSSR count). The average molecular weight is 439 g/mol. The van der Waals surface area contributed by atoms with Crippen molar-refractivity contribution in [1.82, 2.24) is 9.21 Å². The Morgan fingerprint density at radius 3 is 2.55 bits per heavy atom. The number of esters is 1. The number of hydrogen-bond donors (Lipinski definition) is 0. The summed E-state index contributed by atoms with van der Waals surface area (Å²) in [6.45, 7) is 5.06. The molecule has 2 aliphatic rings. The van der Waals surface area contributed by atoms with Crippen LogP contribution in [0.15, 0.2) is 59.5 Å². The first-order chi connectivity index (χ1) is 15.0. The van der Waals surface area contributed by atoms with Crippen LogP contribution in [-0.2, 0) is 16.1 Å². The van der Waals surface area contributed by atoms with Crippen LogP contribution in [0.1, 0.15) is 43.7 Å². The van der Waals surface area contributed by atoms with Crippen molar-refractivity contribution in [3.8, 4) is 0 Å². The fraction of sp³-hybridized carbons (Fsp3) is 0.440. The van der Waals surface area contributed by atoms with Crippen LogP contribution in [0, 0.1) is 12.8 Å². The molecule has 0 aromatic heterocycles. The van der Waals surface area contributed by atoms with Crippen molar-refractivity contribution in [2.75, 3.05) is 6.54 Å². The molecule has 164 valence electrons. The van der Waals surface area contributed by atoms with Gasteiger partial charge in [-0.25, -0.2) is 13.9 Å². The number of benzene rings is 2. The van der Waals surface area contributed by atoms with Crippen molar-refractivity contribution >= 4 is 23.9 Å². The quantitative estimate of drug-likeness (QED) is 0.446. The molecule has 2 fully saturated rings. The van der Waals surface area contributed by atoms with Gasteiger partial charge in [0.1, 0.15) is 6.10 Å². The van der Waals surface area contributed by atoms with E-state index in [1.165, 1.54) is 18.4 Å². The lowest BCUT2D eigenvalue weighted by Crippen LogP contribution is -2.38. The number of amides is 2. The normalized spacial score (nSPS) is 23.8. The van der Waals surface area contributed by atoms with Gasteiger partial charge < -0.3 is 9.64 Å². The van der Waals surface area contributed by atoms with Gasteiger partial charge in [-0.05, 0) is 61.7 Å². The zero-order chi connectivity index (χ0) is 21.8. The second-order valence-electron chi connectivity index (χ2n) is 8.73. The van der Waals surface area contributed by atoms with Crippen LogP contribution in [0.5, 0.6) is 0 Å². The lowest BCUT2D eigenvalue weighted by atomic mass is 9.89. The van der Waals surface area contributed by atoms with Gasteiger partial charge in [-0.3, -0.25) is 0 Å². The standard InChI is InChI=1S/C25H30N2O3S/c1-18-11-13-22(14-12-18)31-27-23(24(28)30-21-10-6-7-19(2)15-21)17-26(25(27)29)16-20-8-4-3-5-9-20/h3-5,8-9,11-14,19,21,23H,6-7,10,15-17H2,1-2H3. The maximum Gasteiger partial charge on any atom is 0.332 e. The predicted molar refractivity (Wildman–Crippen MR) is 122 cm³/mol. The highest BCUT2D eigenvalue weighted by Crippen LogP contribution is 2.33.